The summed E-state index contributed by atoms with van der Waals surface area (Å²) in [7, 11) is 3.29. The maximum absolute atomic E-state index is 6.33. The molecule has 3 unspecified atom stereocenters. The Balaban J connectivity index is 2.29. The molecule has 0 aliphatic carbocycles. The van der Waals surface area contributed by atoms with E-state index in [0.717, 1.165) is 30.1 Å². The second-order valence-corrected chi connectivity index (χ2v) is 4.74. The van der Waals surface area contributed by atoms with Crippen molar-refractivity contribution >= 4 is 0 Å². The van der Waals surface area contributed by atoms with E-state index in [1.165, 1.54) is 0 Å². The smallest absolute Gasteiger partial charge is 0.123 e. The van der Waals surface area contributed by atoms with E-state index in [9.17, 15) is 0 Å². The van der Waals surface area contributed by atoms with Crippen LogP contribution in [0.25, 0.3) is 0 Å². The molecule has 100 valence electrons. The van der Waals surface area contributed by atoms with Gasteiger partial charge in [-0.15, -0.1) is 0 Å². The lowest BCUT2D eigenvalue weighted by molar-refractivity contribution is 0.0717. The zero-order valence-electron chi connectivity index (χ0n) is 11.2. The SMILES string of the molecule is COc1ccc(OC)c(C(N)C2OCCC2C)c1. The number of hydrogen-bond acceptors (Lipinski definition) is 4. The largest absolute Gasteiger partial charge is 0.497 e. The fraction of sp³-hybridized carbons (Fsp3) is 0.571. The van der Waals surface area contributed by atoms with Crippen LogP contribution in [0.2, 0.25) is 0 Å². The van der Waals surface area contributed by atoms with E-state index in [0.29, 0.717) is 5.92 Å². The zero-order valence-corrected chi connectivity index (χ0v) is 11.2. The molecule has 4 nitrogen and oxygen atoms in total. The molecule has 4 heteroatoms. The Morgan fingerprint density at radius 2 is 2.11 bits per heavy atom. The predicted octanol–water partition coefficient (Wildman–Crippen LogP) is 2.13. The van der Waals surface area contributed by atoms with E-state index in [1.807, 2.05) is 18.2 Å². The molecule has 0 saturated carbocycles. The second kappa shape index (κ2) is 5.59. The van der Waals surface area contributed by atoms with Gasteiger partial charge >= 0.3 is 0 Å². The zero-order chi connectivity index (χ0) is 13.1. The highest BCUT2D eigenvalue weighted by Gasteiger charge is 2.32. The Labute approximate surface area is 108 Å². The van der Waals surface area contributed by atoms with Gasteiger partial charge in [0.2, 0.25) is 0 Å². The van der Waals surface area contributed by atoms with Crippen molar-refractivity contribution in [2.24, 2.45) is 11.7 Å². The summed E-state index contributed by atoms with van der Waals surface area (Å²) in [6.07, 6.45) is 1.11. The third kappa shape index (κ3) is 2.44. The molecule has 1 aliphatic heterocycles. The Morgan fingerprint density at radius 1 is 1.33 bits per heavy atom. The molecular formula is C14H21NO3. The molecular weight excluding hydrogens is 230 g/mol. The van der Waals surface area contributed by atoms with Gasteiger partial charge in [-0.05, 0) is 30.5 Å². The van der Waals surface area contributed by atoms with Crippen molar-refractivity contribution in [3.05, 3.63) is 23.8 Å². The quantitative estimate of drug-likeness (QED) is 0.890. The van der Waals surface area contributed by atoms with E-state index in [1.54, 1.807) is 14.2 Å². The summed E-state index contributed by atoms with van der Waals surface area (Å²) in [4.78, 5) is 0. The highest BCUT2D eigenvalue weighted by Crippen LogP contribution is 2.35. The van der Waals surface area contributed by atoms with Crippen LogP contribution in [-0.4, -0.2) is 26.9 Å². The van der Waals surface area contributed by atoms with Crippen molar-refractivity contribution in [2.75, 3.05) is 20.8 Å². The first kappa shape index (κ1) is 13.2. The summed E-state index contributed by atoms with van der Waals surface area (Å²) in [5.41, 5.74) is 7.27. The molecule has 0 spiro atoms. The van der Waals surface area contributed by atoms with Crippen LogP contribution in [0.15, 0.2) is 18.2 Å². The molecule has 2 N–H and O–H groups in total. The number of nitrogens with two attached hydrogens (primary N) is 1. The van der Waals surface area contributed by atoms with Crippen LogP contribution in [0.1, 0.15) is 24.9 Å². The summed E-state index contributed by atoms with van der Waals surface area (Å²) in [6.45, 7) is 2.95. The Kier molecular flexibility index (Phi) is 4.09. The van der Waals surface area contributed by atoms with Gasteiger partial charge in [-0.1, -0.05) is 6.92 Å². The lowest BCUT2D eigenvalue weighted by Gasteiger charge is -2.24. The molecule has 0 radical (unpaired) electrons. The summed E-state index contributed by atoms with van der Waals surface area (Å²) in [5, 5.41) is 0. The third-order valence-electron chi connectivity index (χ3n) is 3.59. The van der Waals surface area contributed by atoms with Crippen LogP contribution in [0.3, 0.4) is 0 Å². The molecule has 1 aromatic rings. The summed E-state index contributed by atoms with van der Waals surface area (Å²) < 4.78 is 16.3. The fourth-order valence-corrected chi connectivity index (χ4v) is 2.45. The van der Waals surface area contributed by atoms with Gasteiger partial charge < -0.3 is 19.9 Å². The number of hydrogen-bond donors (Lipinski definition) is 1. The van der Waals surface area contributed by atoms with Gasteiger partial charge in [0.25, 0.3) is 0 Å². The van der Waals surface area contributed by atoms with Crippen molar-refractivity contribution in [3.8, 4) is 11.5 Å². The summed E-state index contributed by atoms with van der Waals surface area (Å²) >= 11 is 0. The average Bonchev–Trinajstić information content (AvgIpc) is 2.83. The first-order valence-electron chi connectivity index (χ1n) is 6.26. The van der Waals surface area contributed by atoms with Crippen molar-refractivity contribution in [1.82, 2.24) is 0 Å². The summed E-state index contributed by atoms with van der Waals surface area (Å²) in [6, 6.07) is 5.49. The second-order valence-electron chi connectivity index (χ2n) is 4.74. The van der Waals surface area contributed by atoms with Gasteiger partial charge in [-0.2, -0.15) is 0 Å². The van der Waals surface area contributed by atoms with E-state index in [2.05, 4.69) is 6.92 Å². The third-order valence-corrected chi connectivity index (χ3v) is 3.59. The topological polar surface area (TPSA) is 53.7 Å². The first-order chi connectivity index (χ1) is 8.67. The number of methoxy groups -OCH3 is 2. The molecule has 18 heavy (non-hydrogen) atoms. The number of benzene rings is 1. The minimum absolute atomic E-state index is 0.0472. The van der Waals surface area contributed by atoms with Crippen molar-refractivity contribution in [2.45, 2.75) is 25.5 Å². The fourth-order valence-electron chi connectivity index (χ4n) is 2.45. The van der Waals surface area contributed by atoms with Crippen LogP contribution in [0.4, 0.5) is 0 Å². The minimum Gasteiger partial charge on any atom is -0.497 e. The van der Waals surface area contributed by atoms with Crippen LogP contribution in [0, 0.1) is 5.92 Å². The van der Waals surface area contributed by atoms with Gasteiger partial charge in [0.15, 0.2) is 0 Å². The van der Waals surface area contributed by atoms with Crippen LogP contribution >= 0.6 is 0 Å². The van der Waals surface area contributed by atoms with Gasteiger partial charge in [0.05, 0.1) is 26.4 Å². The van der Waals surface area contributed by atoms with Crippen molar-refractivity contribution < 1.29 is 14.2 Å². The van der Waals surface area contributed by atoms with Crippen LogP contribution in [0.5, 0.6) is 11.5 Å². The Bertz CT molecular complexity index is 408. The molecule has 0 bridgehead atoms. The van der Waals surface area contributed by atoms with Crippen molar-refractivity contribution in [1.29, 1.82) is 0 Å². The molecule has 1 heterocycles. The maximum atomic E-state index is 6.33. The van der Waals surface area contributed by atoms with Gasteiger partial charge in [-0.25, -0.2) is 0 Å². The maximum Gasteiger partial charge on any atom is 0.123 e. The lowest BCUT2D eigenvalue weighted by Crippen LogP contribution is -2.30. The van der Waals surface area contributed by atoms with Gasteiger partial charge in [0, 0.05) is 12.2 Å². The summed E-state index contributed by atoms with van der Waals surface area (Å²) in [5.74, 6) is 2.04. The average molecular weight is 251 g/mol. The van der Waals surface area contributed by atoms with Crippen molar-refractivity contribution in [3.63, 3.8) is 0 Å². The first-order valence-corrected chi connectivity index (χ1v) is 6.26. The molecule has 1 saturated heterocycles. The monoisotopic (exact) mass is 251 g/mol. The van der Waals surface area contributed by atoms with Crippen LogP contribution < -0.4 is 15.2 Å². The highest BCUT2D eigenvalue weighted by atomic mass is 16.5. The molecule has 2 rings (SSSR count). The molecule has 1 aromatic carbocycles. The van der Waals surface area contributed by atoms with Gasteiger partial charge in [-0.3, -0.25) is 0 Å². The Hall–Kier alpha value is -1.26. The molecule has 0 aromatic heterocycles. The molecule has 1 fully saturated rings. The molecule has 0 amide bonds. The highest BCUT2D eigenvalue weighted by molar-refractivity contribution is 5.42. The van der Waals surface area contributed by atoms with E-state index >= 15 is 0 Å². The van der Waals surface area contributed by atoms with E-state index in [-0.39, 0.29) is 12.1 Å². The number of rotatable bonds is 4. The lowest BCUT2D eigenvalue weighted by atomic mass is 9.92. The standard InChI is InChI=1S/C14H21NO3/c1-9-6-7-18-14(9)13(15)11-8-10(16-2)4-5-12(11)17-3/h4-5,8-9,13-14H,6-7,15H2,1-3H3. The van der Waals surface area contributed by atoms with Crippen LogP contribution in [-0.2, 0) is 4.74 Å². The molecule has 1 aliphatic rings. The van der Waals surface area contributed by atoms with E-state index in [4.69, 9.17) is 19.9 Å². The Morgan fingerprint density at radius 3 is 2.67 bits per heavy atom. The molecule has 3 atom stereocenters. The minimum atomic E-state index is -0.187. The number of ether oxygens (including phenoxy) is 3. The predicted molar refractivity (Wildman–Crippen MR) is 70.0 cm³/mol. The van der Waals surface area contributed by atoms with Gasteiger partial charge in [0.1, 0.15) is 11.5 Å². The van der Waals surface area contributed by atoms with E-state index < -0.39 is 0 Å². The normalized spacial score (nSPS) is 24.9.